The molecule has 1 heterocycles. The highest BCUT2D eigenvalue weighted by molar-refractivity contribution is 14.0. The molecule has 158 valence electrons. The molecule has 0 bridgehead atoms. The number of rotatable bonds is 6. The molecule has 1 saturated carbocycles. The number of carbonyl (C=O) groups excluding carboxylic acids is 1. The van der Waals surface area contributed by atoms with E-state index in [1.54, 1.807) is 23.3 Å². The Morgan fingerprint density at radius 2 is 1.90 bits per heavy atom. The second-order valence-corrected chi connectivity index (χ2v) is 8.40. The van der Waals surface area contributed by atoms with Crippen LogP contribution in [0.2, 0.25) is 0 Å². The zero-order valence-corrected chi connectivity index (χ0v) is 20.4. The van der Waals surface area contributed by atoms with Crippen LogP contribution in [0.25, 0.3) is 11.3 Å². The summed E-state index contributed by atoms with van der Waals surface area (Å²) in [5, 5.41) is 9.76. The van der Waals surface area contributed by atoms with Gasteiger partial charge < -0.3 is 15.5 Å². The van der Waals surface area contributed by atoms with Gasteiger partial charge in [-0.25, -0.2) is 4.98 Å². The zero-order chi connectivity index (χ0) is 20.0. The van der Waals surface area contributed by atoms with Crippen molar-refractivity contribution in [2.24, 2.45) is 10.4 Å². The molecular weight excluding hydrogens is 497 g/mol. The second kappa shape index (κ2) is 10.9. The fraction of sp³-hybridized carbons (Fsp3) is 0.476. The molecule has 29 heavy (non-hydrogen) atoms. The molecule has 1 fully saturated rings. The van der Waals surface area contributed by atoms with Gasteiger partial charge in [-0.3, -0.25) is 9.79 Å². The molecule has 3 rings (SSSR count). The van der Waals surface area contributed by atoms with E-state index in [0.717, 1.165) is 41.9 Å². The van der Waals surface area contributed by atoms with E-state index in [4.69, 9.17) is 4.98 Å². The Kier molecular flexibility index (Phi) is 8.88. The van der Waals surface area contributed by atoms with E-state index in [1.807, 2.05) is 32.3 Å². The van der Waals surface area contributed by atoms with Crippen molar-refractivity contribution in [3.05, 3.63) is 40.7 Å². The van der Waals surface area contributed by atoms with Crippen molar-refractivity contribution in [2.75, 3.05) is 27.7 Å². The summed E-state index contributed by atoms with van der Waals surface area (Å²) in [5.74, 6) is 0.912. The Bertz CT molecular complexity index is 815. The normalized spacial score (nSPS) is 15.5. The van der Waals surface area contributed by atoms with E-state index in [2.05, 4.69) is 33.1 Å². The number of carbonyl (C=O) groups is 1. The van der Waals surface area contributed by atoms with Crippen LogP contribution in [-0.4, -0.2) is 49.4 Å². The van der Waals surface area contributed by atoms with Crippen LogP contribution in [0.3, 0.4) is 0 Å². The van der Waals surface area contributed by atoms with E-state index >= 15 is 0 Å². The zero-order valence-electron chi connectivity index (χ0n) is 17.3. The third-order valence-corrected chi connectivity index (χ3v) is 6.12. The summed E-state index contributed by atoms with van der Waals surface area (Å²) in [6.45, 7) is 1.21. The van der Waals surface area contributed by atoms with Crippen molar-refractivity contribution in [2.45, 2.75) is 32.2 Å². The minimum Gasteiger partial charge on any atom is -0.355 e. The largest absolute Gasteiger partial charge is 0.355 e. The molecule has 1 aliphatic carbocycles. The molecule has 1 aromatic carbocycles. The summed E-state index contributed by atoms with van der Waals surface area (Å²) in [4.78, 5) is 23.4. The molecule has 2 N–H and O–H groups in total. The van der Waals surface area contributed by atoms with Crippen LogP contribution >= 0.6 is 35.3 Å². The van der Waals surface area contributed by atoms with Gasteiger partial charge in [0.05, 0.1) is 17.7 Å². The summed E-state index contributed by atoms with van der Waals surface area (Å²) in [6, 6.07) is 10.2. The highest BCUT2D eigenvalue weighted by atomic mass is 127. The van der Waals surface area contributed by atoms with E-state index in [9.17, 15) is 4.79 Å². The Labute approximate surface area is 194 Å². The maximum Gasteiger partial charge on any atom is 0.230 e. The molecule has 1 amide bonds. The topological polar surface area (TPSA) is 69.6 Å². The number of amides is 1. The summed E-state index contributed by atoms with van der Waals surface area (Å²) >= 11 is 1.63. The monoisotopic (exact) mass is 527 g/mol. The van der Waals surface area contributed by atoms with Crippen LogP contribution in [0.15, 0.2) is 40.7 Å². The number of thiazole rings is 1. The Balaban J connectivity index is 0.00000300. The molecule has 0 spiro atoms. The number of hydrogen-bond acceptors (Lipinski definition) is 4. The Morgan fingerprint density at radius 1 is 1.21 bits per heavy atom. The first-order valence-corrected chi connectivity index (χ1v) is 10.6. The molecule has 1 aromatic heterocycles. The van der Waals surface area contributed by atoms with Crippen molar-refractivity contribution in [1.82, 2.24) is 20.5 Å². The smallest absolute Gasteiger partial charge is 0.230 e. The van der Waals surface area contributed by atoms with Gasteiger partial charge in [-0.1, -0.05) is 43.2 Å². The van der Waals surface area contributed by atoms with Crippen LogP contribution in [0.4, 0.5) is 0 Å². The average Bonchev–Trinajstić information content (AvgIpc) is 3.38. The molecular formula is C21H30IN5OS. The maximum absolute atomic E-state index is 12.7. The van der Waals surface area contributed by atoms with Crippen LogP contribution < -0.4 is 10.6 Å². The fourth-order valence-corrected chi connectivity index (χ4v) is 4.50. The predicted octanol–water partition coefficient (Wildman–Crippen LogP) is 3.74. The summed E-state index contributed by atoms with van der Waals surface area (Å²) in [7, 11) is 5.42. The van der Waals surface area contributed by atoms with Crippen molar-refractivity contribution < 1.29 is 4.79 Å². The third-order valence-electron chi connectivity index (χ3n) is 5.27. The number of halogens is 1. The first-order chi connectivity index (χ1) is 13.5. The van der Waals surface area contributed by atoms with Gasteiger partial charge in [0, 0.05) is 38.6 Å². The van der Waals surface area contributed by atoms with Crippen LogP contribution in [0, 0.1) is 5.41 Å². The van der Waals surface area contributed by atoms with E-state index < -0.39 is 0 Å². The lowest BCUT2D eigenvalue weighted by Gasteiger charge is -2.31. The van der Waals surface area contributed by atoms with Crippen molar-refractivity contribution in [3.8, 4) is 11.3 Å². The van der Waals surface area contributed by atoms with E-state index in [-0.39, 0.29) is 35.3 Å². The number of guanidine groups is 1. The van der Waals surface area contributed by atoms with Gasteiger partial charge in [0.25, 0.3) is 0 Å². The standard InChI is InChI=1S/C21H29N5OS.HI/c1-22-20(24-15-21(11-7-8-12-21)19(27)26(2)3)23-13-18-25-17(14-28-18)16-9-5-4-6-10-16;/h4-6,9-10,14H,7-8,11-13,15H2,1-3H3,(H2,22,23,24);1H. The lowest BCUT2D eigenvalue weighted by atomic mass is 9.84. The number of hydrogen-bond donors (Lipinski definition) is 2. The molecule has 0 unspecified atom stereocenters. The van der Waals surface area contributed by atoms with Gasteiger partial charge in [0.1, 0.15) is 5.01 Å². The van der Waals surface area contributed by atoms with Crippen LogP contribution in [-0.2, 0) is 11.3 Å². The molecule has 1 aliphatic rings. The molecule has 6 nitrogen and oxygen atoms in total. The summed E-state index contributed by atoms with van der Waals surface area (Å²) < 4.78 is 0. The molecule has 0 atom stereocenters. The van der Waals surface area contributed by atoms with Gasteiger partial charge in [-0.15, -0.1) is 35.3 Å². The number of nitrogens with one attached hydrogen (secondary N) is 2. The van der Waals surface area contributed by atoms with Crippen LogP contribution in [0.5, 0.6) is 0 Å². The SMILES string of the molecule is CN=C(NCc1nc(-c2ccccc2)cs1)NCC1(C(=O)N(C)C)CCCC1.I. The first-order valence-electron chi connectivity index (χ1n) is 9.70. The van der Waals surface area contributed by atoms with E-state index in [1.165, 1.54) is 0 Å². The van der Waals surface area contributed by atoms with Gasteiger partial charge in [-0.2, -0.15) is 0 Å². The molecule has 0 aliphatic heterocycles. The van der Waals surface area contributed by atoms with Crippen LogP contribution in [0.1, 0.15) is 30.7 Å². The van der Waals surface area contributed by atoms with Gasteiger partial charge in [0.2, 0.25) is 5.91 Å². The van der Waals surface area contributed by atoms with Gasteiger partial charge >= 0.3 is 0 Å². The van der Waals surface area contributed by atoms with Gasteiger partial charge in [0.15, 0.2) is 5.96 Å². The molecule has 8 heteroatoms. The highest BCUT2D eigenvalue weighted by Gasteiger charge is 2.42. The number of nitrogens with zero attached hydrogens (tertiary/aromatic N) is 3. The molecule has 0 radical (unpaired) electrons. The number of benzene rings is 1. The lowest BCUT2D eigenvalue weighted by Crippen LogP contribution is -2.49. The third kappa shape index (κ3) is 5.91. The average molecular weight is 527 g/mol. The Morgan fingerprint density at radius 3 is 2.52 bits per heavy atom. The molecule has 2 aromatic rings. The number of aliphatic imine (C=N–C) groups is 1. The second-order valence-electron chi connectivity index (χ2n) is 7.46. The van der Waals surface area contributed by atoms with Crippen molar-refractivity contribution >= 4 is 47.2 Å². The minimum atomic E-state index is -0.317. The minimum absolute atomic E-state index is 0. The first kappa shape index (κ1) is 23.6. The maximum atomic E-state index is 12.7. The van der Waals surface area contributed by atoms with E-state index in [0.29, 0.717) is 19.0 Å². The predicted molar refractivity (Wildman–Crippen MR) is 131 cm³/mol. The van der Waals surface area contributed by atoms with Crippen molar-refractivity contribution in [3.63, 3.8) is 0 Å². The van der Waals surface area contributed by atoms with Gasteiger partial charge in [-0.05, 0) is 12.8 Å². The highest BCUT2D eigenvalue weighted by Crippen LogP contribution is 2.38. The van der Waals surface area contributed by atoms with Crippen molar-refractivity contribution in [1.29, 1.82) is 0 Å². The number of aromatic nitrogens is 1. The fourth-order valence-electron chi connectivity index (χ4n) is 3.76. The Hall–Kier alpha value is -1.68. The summed E-state index contributed by atoms with van der Waals surface area (Å²) in [5.41, 5.74) is 1.80. The lowest BCUT2D eigenvalue weighted by molar-refractivity contribution is -0.138. The summed E-state index contributed by atoms with van der Waals surface area (Å²) in [6.07, 6.45) is 4.07. The molecule has 0 saturated heterocycles. The quantitative estimate of drug-likeness (QED) is 0.341.